The Morgan fingerprint density at radius 3 is 2.34 bits per heavy atom. The first-order valence-electron chi connectivity index (χ1n) is 12.8. The van der Waals surface area contributed by atoms with E-state index in [-0.39, 0.29) is 17.5 Å². The molecule has 3 aromatic carbocycles. The molecule has 1 atom stereocenters. The highest BCUT2D eigenvalue weighted by Crippen LogP contribution is 2.41. The average molecular weight is 537 g/mol. The van der Waals surface area contributed by atoms with E-state index in [9.17, 15) is 13.2 Å². The molecule has 8 heteroatoms. The van der Waals surface area contributed by atoms with Crippen LogP contribution in [0.25, 0.3) is 0 Å². The van der Waals surface area contributed by atoms with Gasteiger partial charge in [0.05, 0.1) is 23.7 Å². The van der Waals surface area contributed by atoms with Crippen LogP contribution in [0.4, 0.5) is 5.69 Å². The molecular weight excluding hydrogens is 500 g/mol. The fraction of sp³-hybridized carbons (Fsp3) is 0.367. The lowest BCUT2D eigenvalue weighted by Crippen LogP contribution is -2.45. The first-order valence-corrected chi connectivity index (χ1v) is 14.2. The minimum atomic E-state index is -4.01. The van der Waals surface area contributed by atoms with Gasteiger partial charge in [-0.25, -0.2) is 8.42 Å². The van der Waals surface area contributed by atoms with Gasteiger partial charge in [-0.1, -0.05) is 43.7 Å². The number of carbonyl (C=O) groups excluding carboxylic acids is 1. The second kappa shape index (κ2) is 10.7. The summed E-state index contributed by atoms with van der Waals surface area (Å²) in [6.45, 7) is 9.60. The Morgan fingerprint density at radius 1 is 1.08 bits per heavy atom. The molecule has 7 nitrogen and oxygen atoms in total. The average Bonchev–Trinajstić information content (AvgIpc) is 2.86. The van der Waals surface area contributed by atoms with E-state index in [1.54, 1.807) is 43.5 Å². The van der Waals surface area contributed by atoms with Crippen LogP contribution in [0.3, 0.4) is 0 Å². The SMILES string of the molecule is COc1ccc2c(c1)C(NC(=O)CN(c1ccc(C(C)C)cc1)S(=O)(=O)c1ccc(C)cc1)CC(C)(C)O2. The third-order valence-electron chi connectivity index (χ3n) is 6.75. The standard InChI is InChI=1S/C30H36N2O5S/c1-20(2)22-9-11-23(12-10-22)32(38(34,35)25-14-7-21(3)8-15-25)19-29(33)31-27-18-30(4,5)37-28-16-13-24(36-6)17-26(27)28/h7-17,20,27H,18-19H2,1-6H3,(H,31,33). The number of fused-ring (bicyclic) bond motifs is 1. The number of ether oxygens (including phenoxy) is 2. The van der Waals surface area contributed by atoms with Crippen LogP contribution >= 0.6 is 0 Å². The largest absolute Gasteiger partial charge is 0.497 e. The number of hydrogen-bond acceptors (Lipinski definition) is 5. The number of anilines is 1. The number of hydrogen-bond donors (Lipinski definition) is 1. The normalized spacial score (nSPS) is 16.3. The van der Waals surface area contributed by atoms with Crippen LogP contribution in [0.15, 0.2) is 71.6 Å². The van der Waals surface area contributed by atoms with E-state index < -0.39 is 21.5 Å². The lowest BCUT2D eigenvalue weighted by Gasteiger charge is -2.38. The molecule has 0 saturated carbocycles. The van der Waals surface area contributed by atoms with E-state index in [1.165, 1.54) is 4.31 Å². The Morgan fingerprint density at radius 2 is 1.74 bits per heavy atom. The van der Waals surface area contributed by atoms with Gasteiger partial charge in [0.15, 0.2) is 0 Å². The minimum absolute atomic E-state index is 0.131. The Hall–Kier alpha value is -3.52. The van der Waals surface area contributed by atoms with Gasteiger partial charge >= 0.3 is 0 Å². The lowest BCUT2D eigenvalue weighted by atomic mass is 9.89. The molecule has 1 aliphatic rings. The molecule has 1 aliphatic heterocycles. The van der Waals surface area contributed by atoms with Gasteiger partial charge in [-0.15, -0.1) is 0 Å². The fourth-order valence-electron chi connectivity index (χ4n) is 4.64. The fourth-order valence-corrected chi connectivity index (χ4v) is 6.06. The van der Waals surface area contributed by atoms with E-state index in [1.807, 2.05) is 51.1 Å². The molecule has 0 saturated heterocycles. The van der Waals surface area contributed by atoms with Crippen molar-refractivity contribution in [2.24, 2.45) is 0 Å². The lowest BCUT2D eigenvalue weighted by molar-refractivity contribution is -0.120. The highest BCUT2D eigenvalue weighted by Gasteiger charge is 2.36. The molecule has 0 spiro atoms. The van der Waals surface area contributed by atoms with E-state index in [4.69, 9.17) is 9.47 Å². The summed E-state index contributed by atoms with van der Waals surface area (Å²) in [5.41, 5.74) is 2.75. The predicted octanol–water partition coefficient (Wildman–Crippen LogP) is 5.74. The van der Waals surface area contributed by atoms with Gasteiger partial charge in [-0.3, -0.25) is 9.10 Å². The van der Waals surface area contributed by atoms with Gasteiger partial charge in [0, 0.05) is 12.0 Å². The third kappa shape index (κ3) is 5.96. The van der Waals surface area contributed by atoms with Crippen molar-refractivity contribution in [3.63, 3.8) is 0 Å². The number of aryl methyl sites for hydroxylation is 1. The summed E-state index contributed by atoms with van der Waals surface area (Å²) in [5, 5.41) is 3.06. The highest BCUT2D eigenvalue weighted by molar-refractivity contribution is 7.92. The summed E-state index contributed by atoms with van der Waals surface area (Å²) in [4.78, 5) is 13.6. The molecule has 3 aromatic rings. The van der Waals surface area contributed by atoms with Crippen LogP contribution in [-0.4, -0.2) is 33.6 Å². The Balaban J connectivity index is 1.66. The van der Waals surface area contributed by atoms with Crippen LogP contribution in [0, 0.1) is 6.92 Å². The molecule has 0 bridgehead atoms. The summed E-state index contributed by atoms with van der Waals surface area (Å²) < 4.78 is 40.2. The summed E-state index contributed by atoms with van der Waals surface area (Å²) in [6, 6.07) is 19.1. The molecule has 0 radical (unpaired) electrons. The maximum absolute atomic E-state index is 13.8. The summed E-state index contributed by atoms with van der Waals surface area (Å²) >= 11 is 0. The van der Waals surface area contributed by atoms with E-state index in [0.29, 0.717) is 29.5 Å². The van der Waals surface area contributed by atoms with E-state index in [2.05, 4.69) is 19.2 Å². The Kier molecular flexibility index (Phi) is 7.74. The van der Waals surface area contributed by atoms with E-state index >= 15 is 0 Å². The maximum atomic E-state index is 13.8. The van der Waals surface area contributed by atoms with Crippen molar-refractivity contribution in [3.05, 3.63) is 83.4 Å². The first-order chi connectivity index (χ1) is 17.9. The van der Waals surface area contributed by atoms with Crippen molar-refractivity contribution in [2.45, 2.75) is 63.5 Å². The molecule has 1 N–H and O–H groups in total. The summed E-state index contributed by atoms with van der Waals surface area (Å²) in [5.74, 6) is 1.20. The van der Waals surface area contributed by atoms with Crippen LogP contribution in [0.5, 0.6) is 11.5 Å². The van der Waals surface area contributed by atoms with Gasteiger partial charge in [-0.05, 0) is 74.7 Å². The second-order valence-corrected chi connectivity index (χ2v) is 12.5. The van der Waals surface area contributed by atoms with Gasteiger partial charge in [0.2, 0.25) is 5.91 Å². The maximum Gasteiger partial charge on any atom is 0.264 e. The first kappa shape index (κ1) is 27.5. The monoisotopic (exact) mass is 536 g/mol. The van der Waals surface area contributed by atoms with Crippen LogP contribution in [-0.2, 0) is 14.8 Å². The van der Waals surface area contributed by atoms with Crippen molar-refractivity contribution in [1.82, 2.24) is 5.32 Å². The van der Waals surface area contributed by atoms with Crippen LogP contribution in [0.2, 0.25) is 0 Å². The number of benzene rings is 3. The minimum Gasteiger partial charge on any atom is -0.497 e. The molecule has 202 valence electrons. The zero-order valence-corrected chi connectivity index (χ0v) is 23.6. The molecule has 1 amide bonds. The quantitative estimate of drug-likeness (QED) is 0.397. The van der Waals surface area contributed by atoms with Crippen molar-refractivity contribution >= 4 is 21.6 Å². The molecule has 38 heavy (non-hydrogen) atoms. The van der Waals surface area contributed by atoms with Gasteiger partial charge in [0.25, 0.3) is 10.0 Å². The number of rotatable bonds is 8. The van der Waals surface area contributed by atoms with E-state index in [0.717, 1.165) is 16.7 Å². The van der Waals surface area contributed by atoms with Gasteiger partial charge < -0.3 is 14.8 Å². The number of sulfonamides is 1. The second-order valence-electron chi connectivity index (χ2n) is 10.7. The van der Waals surface area contributed by atoms with Crippen molar-refractivity contribution in [2.75, 3.05) is 18.0 Å². The summed E-state index contributed by atoms with van der Waals surface area (Å²) in [7, 11) is -2.42. The Labute approximate surface area is 225 Å². The predicted molar refractivity (Wildman–Crippen MR) is 149 cm³/mol. The molecule has 0 aliphatic carbocycles. The molecule has 4 rings (SSSR count). The number of methoxy groups -OCH3 is 1. The van der Waals surface area contributed by atoms with Crippen molar-refractivity contribution in [1.29, 1.82) is 0 Å². The topological polar surface area (TPSA) is 84.9 Å². The molecule has 0 aromatic heterocycles. The number of amides is 1. The smallest absolute Gasteiger partial charge is 0.264 e. The molecular formula is C30H36N2O5S. The van der Waals surface area contributed by atoms with Crippen LogP contribution < -0.4 is 19.1 Å². The van der Waals surface area contributed by atoms with Crippen LogP contribution in [0.1, 0.15) is 62.8 Å². The number of carbonyl (C=O) groups is 1. The zero-order chi connectivity index (χ0) is 27.7. The van der Waals surface area contributed by atoms with Crippen molar-refractivity contribution < 1.29 is 22.7 Å². The van der Waals surface area contributed by atoms with Gasteiger partial charge in [0.1, 0.15) is 23.6 Å². The van der Waals surface area contributed by atoms with Crippen molar-refractivity contribution in [3.8, 4) is 11.5 Å². The Bertz CT molecular complexity index is 1400. The van der Waals surface area contributed by atoms with Gasteiger partial charge in [-0.2, -0.15) is 0 Å². The number of nitrogens with zero attached hydrogens (tertiary/aromatic N) is 1. The summed E-state index contributed by atoms with van der Waals surface area (Å²) in [6.07, 6.45) is 0.521. The number of nitrogens with one attached hydrogen (secondary N) is 1. The molecule has 1 unspecified atom stereocenters. The molecule has 1 heterocycles. The molecule has 0 fully saturated rings. The highest BCUT2D eigenvalue weighted by atomic mass is 32.2. The zero-order valence-electron chi connectivity index (χ0n) is 22.8. The third-order valence-corrected chi connectivity index (χ3v) is 8.54.